The zero-order valence-electron chi connectivity index (χ0n) is 18.7. The number of nitrogens with zero attached hydrogens (tertiary/aromatic N) is 5. The second-order valence-electron chi connectivity index (χ2n) is 7.67. The number of aromatic nitrogens is 2. The van der Waals surface area contributed by atoms with Gasteiger partial charge in [0.1, 0.15) is 5.84 Å². The molecule has 1 aromatic carbocycles. The molecule has 0 unspecified atom stereocenters. The fourth-order valence-electron chi connectivity index (χ4n) is 3.54. The van der Waals surface area contributed by atoms with Gasteiger partial charge in [-0.25, -0.2) is 0 Å². The summed E-state index contributed by atoms with van der Waals surface area (Å²) < 4.78 is 0. The van der Waals surface area contributed by atoms with Crippen molar-refractivity contribution < 1.29 is 4.79 Å². The molecule has 0 radical (unpaired) electrons. The van der Waals surface area contributed by atoms with E-state index in [2.05, 4.69) is 37.1 Å². The van der Waals surface area contributed by atoms with Gasteiger partial charge in [-0.15, -0.1) is 0 Å². The van der Waals surface area contributed by atoms with Gasteiger partial charge in [0.25, 0.3) is 0 Å². The van der Waals surface area contributed by atoms with Gasteiger partial charge in [-0.1, -0.05) is 6.92 Å². The van der Waals surface area contributed by atoms with Gasteiger partial charge < -0.3 is 20.9 Å². The van der Waals surface area contributed by atoms with Crippen LogP contribution in [0.1, 0.15) is 34.4 Å². The van der Waals surface area contributed by atoms with Crippen LogP contribution in [0, 0.1) is 6.92 Å². The number of likely N-dealkylation sites (N-methyl/N-ethyl adjacent to an activating group) is 1. The van der Waals surface area contributed by atoms with Gasteiger partial charge in [0, 0.05) is 50.7 Å². The van der Waals surface area contributed by atoms with E-state index in [0.717, 1.165) is 61.7 Å². The highest BCUT2D eigenvalue weighted by Gasteiger charge is 2.16. The molecule has 8 nitrogen and oxygen atoms in total. The van der Waals surface area contributed by atoms with Crippen molar-refractivity contribution in [3.63, 3.8) is 0 Å². The number of anilines is 2. The maximum absolute atomic E-state index is 11.8. The zero-order valence-corrected chi connectivity index (χ0v) is 18.7. The second-order valence-corrected chi connectivity index (χ2v) is 7.67. The van der Waals surface area contributed by atoms with Crippen LogP contribution >= 0.6 is 0 Å². The van der Waals surface area contributed by atoms with Crippen molar-refractivity contribution in [1.29, 1.82) is 0 Å². The SMILES string of the molecule is CCc1nc(C)cnc1C=C(N)C(=NC)Nc1ccc(N2CCN(C)CC2)cc1C=O. The van der Waals surface area contributed by atoms with Gasteiger partial charge in [0.15, 0.2) is 6.29 Å². The Balaban J connectivity index is 1.82. The average molecular weight is 422 g/mol. The normalized spacial score (nSPS) is 15.8. The molecular weight excluding hydrogens is 390 g/mol. The van der Waals surface area contributed by atoms with Gasteiger partial charge in [0.05, 0.1) is 28.5 Å². The van der Waals surface area contributed by atoms with E-state index in [-0.39, 0.29) is 0 Å². The van der Waals surface area contributed by atoms with Gasteiger partial charge in [-0.3, -0.25) is 19.8 Å². The lowest BCUT2D eigenvalue weighted by atomic mass is 10.1. The Labute approximate surface area is 183 Å². The number of aldehydes is 1. The largest absolute Gasteiger partial charge is 0.396 e. The third kappa shape index (κ3) is 5.46. The van der Waals surface area contributed by atoms with Crippen molar-refractivity contribution in [2.24, 2.45) is 10.7 Å². The van der Waals surface area contributed by atoms with Crippen molar-refractivity contribution in [3.8, 4) is 0 Å². The summed E-state index contributed by atoms with van der Waals surface area (Å²) in [5, 5.41) is 3.20. The topological polar surface area (TPSA) is 99.7 Å². The van der Waals surface area contributed by atoms with E-state index in [1.807, 2.05) is 32.0 Å². The number of nitrogens with one attached hydrogen (secondary N) is 1. The monoisotopic (exact) mass is 421 g/mol. The lowest BCUT2D eigenvalue weighted by Gasteiger charge is -2.34. The van der Waals surface area contributed by atoms with Gasteiger partial charge in [0.2, 0.25) is 0 Å². The van der Waals surface area contributed by atoms with Gasteiger partial charge in [-0.05, 0) is 44.7 Å². The van der Waals surface area contributed by atoms with Crippen molar-refractivity contribution in [2.75, 3.05) is 50.5 Å². The minimum absolute atomic E-state index is 0.426. The summed E-state index contributed by atoms with van der Waals surface area (Å²) in [6.07, 6.45) is 5.09. The molecule has 164 valence electrons. The Morgan fingerprint density at radius 3 is 2.68 bits per heavy atom. The number of hydrogen-bond donors (Lipinski definition) is 2. The first-order chi connectivity index (χ1) is 14.9. The Kier molecular flexibility index (Phi) is 7.36. The summed E-state index contributed by atoms with van der Waals surface area (Å²) in [5.41, 5.74) is 11.5. The minimum Gasteiger partial charge on any atom is -0.396 e. The number of nitrogens with two attached hydrogens (primary N) is 1. The minimum atomic E-state index is 0.426. The molecule has 0 bridgehead atoms. The number of carbonyl (C=O) groups is 1. The van der Waals surface area contributed by atoms with Crippen LogP contribution in [0.2, 0.25) is 0 Å². The summed E-state index contributed by atoms with van der Waals surface area (Å²) in [5.74, 6) is 0.472. The van der Waals surface area contributed by atoms with Crippen molar-refractivity contribution >= 4 is 29.6 Å². The molecule has 0 saturated carbocycles. The predicted molar refractivity (Wildman–Crippen MR) is 127 cm³/mol. The maximum atomic E-state index is 11.8. The lowest BCUT2D eigenvalue weighted by molar-refractivity contribution is 0.112. The molecule has 1 fully saturated rings. The molecule has 2 heterocycles. The highest BCUT2D eigenvalue weighted by Crippen LogP contribution is 2.24. The first-order valence-electron chi connectivity index (χ1n) is 10.5. The Morgan fingerprint density at radius 1 is 1.29 bits per heavy atom. The first-order valence-corrected chi connectivity index (χ1v) is 10.5. The molecule has 1 aliphatic heterocycles. The van der Waals surface area contributed by atoms with E-state index in [4.69, 9.17) is 5.73 Å². The number of rotatable bonds is 6. The molecule has 1 aromatic heterocycles. The third-order valence-electron chi connectivity index (χ3n) is 5.41. The number of aliphatic imine (C=N–C) groups is 1. The number of aryl methyl sites for hydroxylation is 2. The van der Waals surface area contributed by atoms with E-state index >= 15 is 0 Å². The molecule has 2 aromatic rings. The number of carbonyl (C=O) groups excluding carboxylic acids is 1. The molecule has 31 heavy (non-hydrogen) atoms. The molecule has 3 N–H and O–H groups in total. The van der Waals surface area contributed by atoms with Crippen LogP contribution in [-0.4, -0.2) is 67.3 Å². The summed E-state index contributed by atoms with van der Waals surface area (Å²) in [4.78, 5) is 29.6. The summed E-state index contributed by atoms with van der Waals surface area (Å²) >= 11 is 0. The fraction of sp³-hybridized carbons (Fsp3) is 0.391. The van der Waals surface area contributed by atoms with E-state index in [1.165, 1.54) is 0 Å². The maximum Gasteiger partial charge on any atom is 0.152 e. The third-order valence-corrected chi connectivity index (χ3v) is 5.41. The standard InChI is InChI=1S/C23H31N7O/c1-5-20-22(26-14-16(2)27-20)13-19(24)23(25-3)28-21-7-6-18(12-17(21)15-31)30-10-8-29(4)9-11-30/h6-7,12-15H,5,8-11,24H2,1-4H3,(H,25,28). The molecule has 0 aliphatic carbocycles. The fourth-order valence-corrected chi connectivity index (χ4v) is 3.54. The Bertz CT molecular complexity index is 991. The predicted octanol–water partition coefficient (Wildman–Crippen LogP) is 2.35. The van der Waals surface area contributed by atoms with E-state index in [0.29, 0.717) is 22.8 Å². The Morgan fingerprint density at radius 2 is 2.03 bits per heavy atom. The molecule has 0 atom stereocenters. The van der Waals surface area contributed by atoms with E-state index in [1.54, 1.807) is 19.3 Å². The van der Waals surface area contributed by atoms with Crippen LogP contribution in [-0.2, 0) is 6.42 Å². The second kappa shape index (κ2) is 10.2. The van der Waals surface area contributed by atoms with E-state index in [9.17, 15) is 4.79 Å². The summed E-state index contributed by atoms with van der Waals surface area (Å²) in [6, 6.07) is 5.84. The molecule has 0 spiro atoms. The van der Waals surface area contributed by atoms with Gasteiger partial charge >= 0.3 is 0 Å². The summed E-state index contributed by atoms with van der Waals surface area (Å²) in [7, 11) is 3.78. The molecule has 1 aliphatic rings. The number of hydrogen-bond acceptors (Lipinski definition) is 7. The molecular formula is C23H31N7O. The first kappa shape index (κ1) is 22.4. The van der Waals surface area contributed by atoms with Crippen molar-refractivity contribution in [2.45, 2.75) is 20.3 Å². The van der Waals surface area contributed by atoms with Gasteiger partial charge in [-0.2, -0.15) is 0 Å². The quantitative estimate of drug-likeness (QED) is 0.419. The Hall–Kier alpha value is -3.26. The van der Waals surface area contributed by atoms with Crippen LogP contribution < -0.4 is 16.0 Å². The average Bonchev–Trinajstić information content (AvgIpc) is 2.79. The van der Waals surface area contributed by atoms with Crippen LogP contribution in [0.4, 0.5) is 11.4 Å². The highest BCUT2D eigenvalue weighted by molar-refractivity contribution is 6.11. The van der Waals surface area contributed by atoms with Crippen LogP contribution in [0.15, 0.2) is 35.1 Å². The van der Waals surface area contributed by atoms with Crippen LogP contribution in [0.3, 0.4) is 0 Å². The van der Waals surface area contributed by atoms with Crippen LogP contribution in [0.25, 0.3) is 6.08 Å². The van der Waals surface area contributed by atoms with Crippen molar-refractivity contribution in [1.82, 2.24) is 14.9 Å². The van der Waals surface area contributed by atoms with Crippen LogP contribution in [0.5, 0.6) is 0 Å². The lowest BCUT2D eigenvalue weighted by Crippen LogP contribution is -2.44. The number of benzene rings is 1. The van der Waals surface area contributed by atoms with Crippen molar-refractivity contribution in [3.05, 3.63) is 52.7 Å². The summed E-state index contributed by atoms with van der Waals surface area (Å²) in [6.45, 7) is 7.84. The van der Waals surface area contributed by atoms with E-state index < -0.39 is 0 Å². The molecule has 8 heteroatoms. The molecule has 0 amide bonds. The molecule has 3 rings (SSSR count). The highest BCUT2D eigenvalue weighted by atomic mass is 16.1. The number of amidine groups is 1. The molecule has 1 saturated heterocycles. The zero-order chi connectivity index (χ0) is 22.4. The smallest absolute Gasteiger partial charge is 0.152 e. The number of piperazine rings is 1.